The van der Waals surface area contributed by atoms with Gasteiger partial charge in [-0.3, -0.25) is 14.5 Å². The summed E-state index contributed by atoms with van der Waals surface area (Å²) in [6.07, 6.45) is 0. The van der Waals surface area contributed by atoms with Gasteiger partial charge in [0.25, 0.3) is 0 Å². The molecule has 0 bridgehead atoms. The number of carbonyl (C=O) groups excluding carboxylic acids is 1. The van der Waals surface area contributed by atoms with Crippen molar-refractivity contribution in [3.05, 3.63) is 63.3 Å². The van der Waals surface area contributed by atoms with Crippen molar-refractivity contribution >= 4 is 47.0 Å². The van der Waals surface area contributed by atoms with Gasteiger partial charge in [0.2, 0.25) is 5.91 Å². The van der Waals surface area contributed by atoms with E-state index >= 15 is 0 Å². The molecule has 0 saturated carbocycles. The number of carbonyl (C=O) groups is 1. The monoisotopic (exact) mass is 447 g/mol. The Bertz CT molecular complexity index is 1070. The van der Waals surface area contributed by atoms with Gasteiger partial charge in [-0.1, -0.05) is 35.3 Å². The quantitative estimate of drug-likeness (QED) is 0.606. The maximum atomic E-state index is 12.9. The molecule has 4 rings (SSSR count). The Balaban J connectivity index is 1.45. The fourth-order valence-electron chi connectivity index (χ4n) is 3.42. The van der Waals surface area contributed by atoms with Gasteiger partial charge in [0.1, 0.15) is 6.54 Å². The van der Waals surface area contributed by atoms with Gasteiger partial charge in [-0.2, -0.15) is 5.10 Å². The number of aromatic amines is 1. The van der Waals surface area contributed by atoms with Crippen molar-refractivity contribution in [2.45, 2.75) is 6.54 Å². The normalized spacial score (nSPS) is 14.3. The first-order valence-electron chi connectivity index (χ1n) is 9.21. The lowest BCUT2D eigenvalue weighted by Crippen LogP contribution is -2.49. The summed E-state index contributed by atoms with van der Waals surface area (Å²) in [7, 11) is 0. The fourth-order valence-corrected chi connectivity index (χ4v) is 4.00. The molecule has 0 unspecified atom stereocenters. The molecule has 1 aromatic heterocycles. The third-order valence-electron chi connectivity index (χ3n) is 4.98. The van der Waals surface area contributed by atoms with Gasteiger partial charge in [-0.05, 0) is 48.6 Å². The number of rotatable bonds is 4. The van der Waals surface area contributed by atoms with E-state index in [9.17, 15) is 4.79 Å². The lowest BCUT2D eigenvalue weighted by molar-refractivity contribution is -0.132. The summed E-state index contributed by atoms with van der Waals surface area (Å²) in [5.41, 5.74) is 1.85. The minimum absolute atomic E-state index is 0.0107. The van der Waals surface area contributed by atoms with Crippen LogP contribution in [-0.4, -0.2) is 51.8 Å². The molecular formula is C20H19Cl2N5OS. The van der Waals surface area contributed by atoms with Crippen LogP contribution in [0.1, 0.15) is 0 Å². The van der Waals surface area contributed by atoms with Gasteiger partial charge in [0.15, 0.2) is 10.6 Å². The van der Waals surface area contributed by atoms with Crippen LogP contribution >= 0.6 is 35.4 Å². The number of H-pyrrole nitrogens is 1. The van der Waals surface area contributed by atoms with Gasteiger partial charge in [-0.25, -0.2) is 0 Å². The Morgan fingerprint density at radius 1 is 1.03 bits per heavy atom. The van der Waals surface area contributed by atoms with E-state index in [1.807, 2.05) is 41.3 Å². The number of para-hydroxylation sites is 1. The Kier molecular flexibility index (Phi) is 5.89. The van der Waals surface area contributed by atoms with Crippen molar-refractivity contribution in [1.29, 1.82) is 0 Å². The molecular weight excluding hydrogens is 429 g/mol. The first-order valence-corrected chi connectivity index (χ1v) is 10.4. The number of hydrogen-bond acceptors (Lipinski definition) is 4. The molecule has 2 heterocycles. The summed E-state index contributed by atoms with van der Waals surface area (Å²) >= 11 is 17.6. The lowest BCUT2D eigenvalue weighted by atomic mass is 10.2. The summed E-state index contributed by atoms with van der Waals surface area (Å²) in [5, 5.41) is 8.43. The number of amides is 1. The summed E-state index contributed by atoms with van der Waals surface area (Å²) in [6.45, 7) is 2.86. The summed E-state index contributed by atoms with van der Waals surface area (Å²) in [6, 6.07) is 15.1. The van der Waals surface area contributed by atoms with E-state index in [1.54, 1.807) is 16.7 Å². The molecule has 0 atom stereocenters. The van der Waals surface area contributed by atoms with Crippen molar-refractivity contribution in [2.75, 3.05) is 31.1 Å². The molecule has 2 aromatic carbocycles. The van der Waals surface area contributed by atoms with E-state index in [4.69, 9.17) is 35.4 Å². The number of nitrogens with one attached hydrogen (secondary N) is 1. The van der Waals surface area contributed by atoms with Gasteiger partial charge >= 0.3 is 0 Å². The number of hydrogen-bond donors (Lipinski definition) is 1. The first kappa shape index (κ1) is 19.9. The predicted molar refractivity (Wildman–Crippen MR) is 118 cm³/mol. The smallest absolute Gasteiger partial charge is 0.242 e. The molecule has 9 heteroatoms. The second-order valence-corrected chi connectivity index (χ2v) is 7.99. The highest BCUT2D eigenvalue weighted by atomic mass is 35.5. The number of halogens is 2. The molecule has 1 saturated heterocycles. The van der Waals surface area contributed by atoms with Gasteiger partial charge < -0.3 is 9.80 Å². The summed E-state index contributed by atoms with van der Waals surface area (Å²) < 4.78 is 2.14. The third-order valence-corrected chi connectivity index (χ3v) is 5.86. The minimum Gasteiger partial charge on any atom is -0.367 e. The molecule has 1 aliphatic heterocycles. The molecule has 1 fully saturated rings. The van der Waals surface area contributed by atoms with Crippen LogP contribution in [0.25, 0.3) is 11.4 Å². The molecule has 3 aromatic rings. The number of anilines is 1. The largest absolute Gasteiger partial charge is 0.367 e. The molecule has 1 N–H and O–H groups in total. The predicted octanol–water partition coefficient (Wildman–Crippen LogP) is 4.26. The first-order chi connectivity index (χ1) is 14.0. The van der Waals surface area contributed by atoms with Crippen LogP contribution in [0.2, 0.25) is 10.0 Å². The molecule has 0 aliphatic carbocycles. The standard InChI is InChI=1S/C20H19Cl2N5OS/c21-15-7-5-14(6-8-15)19-23-24-20(29)27(19)13-18(28)26-11-9-25(10-12-26)17-4-2-1-3-16(17)22/h1-8H,9-13H2,(H,24,29). The van der Waals surface area contributed by atoms with Crippen molar-refractivity contribution < 1.29 is 4.79 Å². The van der Waals surface area contributed by atoms with E-state index in [0.717, 1.165) is 29.4 Å². The molecule has 0 radical (unpaired) electrons. The number of piperazine rings is 1. The zero-order valence-corrected chi connectivity index (χ0v) is 17.8. The van der Waals surface area contributed by atoms with Crippen LogP contribution in [0.5, 0.6) is 0 Å². The average molecular weight is 448 g/mol. The molecule has 1 amide bonds. The van der Waals surface area contributed by atoms with Crippen molar-refractivity contribution in [2.24, 2.45) is 0 Å². The highest BCUT2D eigenvalue weighted by Gasteiger charge is 2.23. The second kappa shape index (κ2) is 8.57. The highest BCUT2D eigenvalue weighted by molar-refractivity contribution is 7.71. The van der Waals surface area contributed by atoms with Gasteiger partial charge in [-0.15, -0.1) is 0 Å². The summed E-state index contributed by atoms with van der Waals surface area (Å²) in [4.78, 5) is 17.0. The fraction of sp³-hybridized carbons (Fsp3) is 0.250. The lowest BCUT2D eigenvalue weighted by Gasteiger charge is -2.36. The molecule has 29 heavy (non-hydrogen) atoms. The van der Waals surface area contributed by atoms with Crippen LogP contribution in [0.15, 0.2) is 48.5 Å². The van der Waals surface area contributed by atoms with Crippen LogP contribution < -0.4 is 4.90 Å². The van der Waals surface area contributed by atoms with Crippen LogP contribution in [-0.2, 0) is 11.3 Å². The maximum absolute atomic E-state index is 12.9. The van der Waals surface area contributed by atoms with E-state index in [-0.39, 0.29) is 12.5 Å². The zero-order chi connectivity index (χ0) is 20.4. The van der Waals surface area contributed by atoms with E-state index in [2.05, 4.69) is 15.1 Å². The molecule has 1 aliphatic rings. The Morgan fingerprint density at radius 2 is 1.72 bits per heavy atom. The van der Waals surface area contributed by atoms with E-state index in [0.29, 0.717) is 28.7 Å². The topological polar surface area (TPSA) is 57.2 Å². The summed E-state index contributed by atoms with van der Waals surface area (Å²) in [5.74, 6) is 0.631. The van der Waals surface area contributed by atoms with Gasteiger partial charge in [0, 0.05) is 36.8 Å². The number of nitrogens with zero attached hydrogens (tertiary/aromatic N) is 4. The van der Waals surface area contributed by atoms with E-state index < -0.39 is 0 Å². The van der Waals surface area contributed by atoms with Gasteiger partial charge in [0.05, 0.1) is 10.7 Å². The second-order valence-electron chi connectivity index (χ2n) is 6.76. The van der Waals surface area contributed by atoms with Crippen molar-refractivity contribution in [3.63, 3.8) is 0 Å². The Hall–Kier alpha value is -2.35. The van der Waals surface area contributed by atoms with Crippen LogP contribution in [0.3, 0.4) is 0 Å². The molecule has 6 nitrogen and oxygen atoms in total. The molecule has 0 spiro atoms. The molecule has 150 valence electrons. The Labute approximate surface area is 183 Å². The minimum atomic E-state index is 0.0107. The number of aromatic nitrogens is 3. The maximum Gasteiger partial charge on any atom is 0.242 e. The number of benzene rings is 2. The Morgan fingerprint density at radius 3 is 2.41 bits per heavy atom. The van der Waals surface area contributed by atoms with Crippen molar-refractivity contribution in [3.8, 4) is 11.4 Å². The third kappa shape index (κ3) is 4.32. The van der Waals surface area contributed by atoms with Crippen LogP contribution in [0, 0.1) is 4.77 Å². The van der Waals surface area contributed by atoms with Crippen molar-refractivity contribution in [1.82, 2.24) is 19.7 Å². The van der Waals surface area contributed by atoms with Crippen LogP contribution in [0.4, 0.5) is 5.69 Å². The highest BCUT2D eigenvalue weighted by Crippen LogP contribution is 2.26. The van der Waals surface area contributed by atoms with E-state index in [1.165, 1.54) is 0 Å². The SMILES string of the molecule is O=C(Cn1c(-c2ccc(Cl)cc2)n[nH]c1=S)N1CCN(c2ccccc2Cl)CC1. The zero-order valence-electron chi connectivity index (χ0n) is 15.5. The average Bonchev–Trinajstić information content (AvgIpc) is 3.09.